The summed E-state index contributed by atoms with van der Waals surface area (Å²) >= 11 is 0. The summed E-state index contributed by atoms with van der Waals surface area (Å²) in [5, 5.41) is 10.6. The number of ether oxygens (including phenoxy) is 2. The van der Waals surface area contributed by atoms with Crippen LogP contribution in [-0.2, 0) is 27.2 Å². The van der Waals surface area contributed by atoms with E-state index in [-0.39, 0.29) is 17.9 Å². The normalized spacial score (nSPS) is 11.9. The van der Waals surface area contributed by atoms with Crippen molar-refractivity contribution in [3.8, 4) is 5.75 Å². The van der Waals surface area contributed by atoms with Gasteiger partial charge in [-0.25, -0.2) is 4.79 Å². The molecule has 0 aliphatic heterocycles. The van der Waals surface area contributed by atoms with E-state index in [0.29, 0.717) is 5.75 Å². The number of non-ortho nitro benzene ring substituents is 1. The molecule has 0 saturated heterocycles. The first-order chi connectivity index (χ1) is 14.4. The van der Waals surface area contributed by atoms with Crippen LogP contribution < -0.4 is 15.6 Å². The summed E-state index contributed by atoms with van der Waals surface area (Å²) in [7, 11) is 0. The summed E-state index contributed by atoms with van der Waals surface area (Å²) in [6.07, 6.45) is 3.15. The van der Waals surface area contributed by atoms with Gasteiger partial charge >= 0.3 is 5.97 Å². The van der Waals surface area contributed by atoms with Crippen LogP contribution in [0.15, 0.2) is 42.5 Å². The van der Waals surface area contributed by atoms with Crippen molar-refractivity contribution in [2.75, 3.05) is 13.2 Å². The number of carbonyl (C=O) groups excluding carboxylic acids is 3. The lowest BCUT2D eigenvalue weighted by Gasteiger charge is -2.09. The van der Waals surface area contributed by atoms with E-state index < -0.39 is 29.3 Å². The Kier molecular flexibility index (Phi) is 6.58. The molecule has 1 aliphatic carbocycles. The van der Waals surface area contributed by atoms with Gasteiger partial charge in [0.2, 0.25) is 0 Å². The first-order valence-corrected chi connectivity index (χ1v) is 9.16. The Hall–Kier alpha value is -3.95. The molecule has 0 unspecified atom stereocenters. The molecule has 2 aromatic rings. The molecule has 0 atom stereocenters. The number of rotatable bonds is 7. The maximum atomic E-state index is 11.9. The molecule has 2 N–H and O–H groups in total. The first-order valence-electron chi connectivity index (χ1n) is 9.16. The quantitative estimate of drug-likeness (QED) is 0.398. The highest BCUT2D eigenvalue weighted by atomic mass is 16.6. The molecule has 10 nitrogen and oxygen atoms in total. The van der Waals surface area contributed by atoms with Crippen molar-refractivity contribution >= 4 is 23.5 Å². The van der Waals surface area contributed by atoms with Crippen LogP contribution in [0.2, 0.25) is 0 Å². The molecule has 0 radical (unpaired) electrons. The van der Waals surface area contributed by atoms with Gasteiger partial charge in [-0.05, 0) is 54.7 Å². The molecule has 1 aliphatic rings. The molecule has 0 spiro atoms. The molecule has 30 heavy (non-hydrogen) atoms. The molecule has 156 valence electrons. The van der Waals surface area contributed by atoms with Crippen molar-refractivity contribution in [3.63, 3.8) is 0 Å². The predicted molar refractivity (Wildman–Crippen MR) is 104 cm³/mol. The fourth-order valence-corrected chi connectivity index (χ4v) is 2.94. The van der Waals surface area contributed by atoms with E-state index >= 15 is 0 Å². The van der Waals surface area contributed by atoms with Crippen molar-refractivity contribution < 1.29 is 28.8 Å². The summed E-state index contributed by atoms with van der Waals surface area (Å²) in [5.41, 5.74) is 6.66. The fraction of sp³-hybridized carbons (Fsp3) is 0.250. The van der Waals surface area contributed by atoms with Crippen LogP contribution in [0.3, 0.4) is 0 Å². The van der Waals surface area contributed by atoms with Gasteiger partial charge in [0.05, 0.1) is 4.92 Å². The van der Waals surface area contributed by atoms with Crippen LogP contribution in [0.4, 0.5) is 5.69 Å². The minimum absolute atomic E-state index is 0.112. The summed E-state index contributed by atoms with van der Waals surface area (Å²) in [6.45, 7) is -0.950. The van der Waals surface area contributed by atoms with E-state index in [2.05, 4.69) is 10.9 Å². The lowest BCUT2D eigenvalue weighted by atomic mass is 10.1. The molecule has 0 bridgehead atoms. The number of benzene rings is 2. The monoisotopic (exact) mass is 413 g/mol. The van der Waals surface area contributed by atoms with Gasteiger partial charge in [0.15, 0.2) is 13.2 Å². The molecule has 3 rings (SSSR count). The summed E-state index contributed by atoms with van der Waals surface area (Å²) in [6, 6.07) is 10.5. The highest BCUT2D eigenvalue weighted by Gasteiger charge is 2.14. The summed E-state index contributed by atoms with van der Waals surface area (Å²) in [4.78, 5) is 45.3. The van der Waals surface area contributed by atoms with Crippen LogP contribution in [0.25, 0.3) is 0 Å². The van der Waals surface area contributed by atoms with E-state index in [0.717, 1.165) is 19.3 Å². The maximum absolute atomic E-state index is 11.9. The Balaban J connectivity index is 1.36. The van der Waals surface area contributed by atoms with Gasteiger partial charge in [0.25, 0.3) is 17.5 Å². The van der Waals surface area contributed by atoms with E-state index in [1.54, 1.807) is 6.07 Å². The SMILES string of the molecule is O=C(COC(=O)COc1ccc2c(c1)CCC2)NNC(=O)c1ccc([N+](=O)[O-])cc1. The molecule has 0 heterocycles. The number of hydrogen-bond donors (Lipinski definition) is 2. The Morgan fingerprint density at radius 1 is 0.967 bits per heavy atom. The lowest BCUT2D eigenvalue weighted by molar-refractivity contribution is -0.384. The second kappa shape index (κ2) is 9.50. The van der Waals surface area contributed by atoms with Crippen LogP contribution in [0.5, 0.6) is 5.75 Å². The number of hydrogen-bond acceptors (Lipinski definition) is 7. The van der Waals surface area contributed by atoms with Gasteiger partial charge in [0.1, 0.15) is 5.75 Å². The number of esters is 1. The number of nitro benzene ring substituents is 1. The highest BCUT2D eigenvalue weighted by Crippen LogP contribution is 2.25. The zero-order valence-corrected chi connectivity index (χ0v) is 15.9. The maximum Gasteiger partial charge on any atom is 0.344 e. The van der Waals surface area contributed by atoms with E-state index in [4.69, 9.17) is 9.47 Å². The fourth-order valence-electron chi connectivity index (χ4n) is 2.94. The van der Waals surface area contributed by atoms with Gasteiger partial charge in [-0.2, -0.15) is 0 Å². The Bertz CT molecular complexity index is 973. The zero-order valence-electron chi connectivity index (χ0n) is 15.9. The van der Waals surface area contributed by atoms with Crippen LogP contribution in [-0.4, -0.2) is 35.9 Å². The van der Waals surface area contributed by atoms with Gasteiger partial charge in [0, 0.05) is 17.7 Å². The molecule has 10 heteroatoms. The number of nitrogens with zero attached hydrogens (tertiary/aromatic N) is 1. The minimum Gasteiger partial charge on any atom is -0.482 e. The van der Waals surface area contributed by atoms with Crippen LogP contribution >= 0.6 is 0 Å². The number of nitro groups is 1. The third-order valence-corrected chi connectivity index (χ3v) is 4.45. The van der Waals surface area contributed by atoms with E-state index in [1.807, 2.05) is 12.1 Å². The molecule has 0 fully saturated rings. The smallest absolute Gasteiger partial charge is 0.344 e. The van der Waals surface area contributed by atoms with Gasteiger partial charge in [-0.15, -0.1) is 0 Å². The summed E-state index contributed by atoms with van der Waals surface area (Å²) < 4.78 is 10.2. The van der Waals surface area contributed by atoms with Crippen molar-refractivity contribution in [3.05, 3.63) is 69.3 Å². The predicted octanol–water partition coefficient (Wildman–Crippen LogP) is 1.47. The average molecular weight is 413 g/mol. The average Bonchev–Trinajstić information content (AvgIpc) is 3.22. The van der Waals surface area contributed by atoms with Crippen molar-refractivity contribution in [1.82, 2.24) is 10.9 Å². The molecule has 0 saturated carbocycles. The minimum atomic E-state index is -0.754. The standard InChI is InChI=1S/C20H19N3O7/c24-18(21-22-20(26)14-4-7-16(8-5-14)23(27)28)11-30-19(25)12-29-17-9-6-13-2-1-3-15(13)10-17/h4-10H,1-3,11-12H2,(H,21,24)(H,22,26). The van der Waals surface area contributed by atoms with Gasteiger partial charge in [-0.1, -0.05) is 6.07 Å². The van der Waals surface area contributed by atoms with Crippen LogP contribution in [0, 0.1) is 10.1 Å². The number of carbonyl (C=O) groups is 3. The Morgan fingerprint density at radius 2 is 1.70 bits per heavy atom. The molecule has 2 aromatic carbocycles. The molecular weight excluding hydrogens is 394 g/mol. The van der Waals surface area contributed by atoms with Crippen molar-refractivity contribution in [2.24, 2.45) is 0 Å². The third-order valence-electron chi connectivity index (χ3n) is 4.45. The Morgan fingerprint density at radius 3 is 2.43 bits per heavy atom. The molecule has 0 aromatic heterocycles. The van der Waals surface area contributed by atoms with Crippen molar-refractivity contribution in [2.45, 2.75) is 19.3 Å². The molecule has 2 amide bonds. The lowest BCUT2D eigenvalue weighted by Crippen LogP contribution is -2.43. The number of fused-ring (bicyclic) bond motifs is 1. The Labute approximate surface area is 171 Å². The third kappa shape index (κ3) is 5.53. The molecular formula is C20H19N3O7. The topological polar surface area (TPSA) is 137 Å². The number of amides is 2. The number of hydrazine groups is 1. The summed E-state index contributed by atoms with van der Waals surface area (Å²) in [5.74, 6) is -1.60. The highest BCUT2D eigenvalue weighted by molar-refractivity contribution is 5.95. The van der Waals surface area contributed by atoms with E-state index in [9.17, 15) is 24.5 Å². The number of nitrogens with one attached hydrogen (secondary N) is 2. The van der Waals surface area contributed by atoms with Crippen molar-refractivity contribution in [1.29, 1.82) is 0 Å². The van der Waals surface area contributed by atoms with Crippen LogP contribution in [0.1, 0.15) is 27.9 Å². The van der Waals surface area contributed by atoms with Gasteiger partial charge in [-0.3, -0.25) is 30.6 Å². The van der Waals surface area contributed by atoms with E-state index in [1.165, 1.54) is 35.4 Å². The second-order valence-corrected chi connectivity index (χ2v) is 6.54. The first kappa shape index (κ1) is 20.8. The van der Waals surface area contributed by atoms with Gasteiger partial charge < -0.3 is 9.47 Å². The largest absolute Gasteiger partial charge is 0.482 e. The second-order valence-electron chi connectivity index (χ2n) is 6.54. The number of aryl methyl sites for hydroxylation is 2. The zero-order chi connectivity index (χ0) is 21.5.